The molecule has 0 bridgehead atoms. The molecule has 0 radical (unpaired) electrons. The fourth-order valence-electron chi connectivity index (χ4n) is 3.92. The number of rotatable bonds is 2. The van der Waals surface area contributed by atoms with Crippen molar-refractivity contribution in [1.29, 1.82) is 0 Å². The lowest BCUT2D eigenvalue weighted by molar-refractivity contribution is -0.111. The van der Waals surface area contributed by atoms with Gasteiger partial charge < -0.3 is 5.21 Å². The molecule has 0 aromatic heterocycles. The Balaban J connectivity index is 2.03. The van der Waals surface area contributed by atoms with Crippen LogP contribution in [0.1, 0.15) is 23.6 Å². The number of terminal acetylenes is 1. The summed E-state index contributed by atoms with van der Waals surface area (Å²) in [6.07, 6.45) is 6.50. The van der Waals surface area contributed by atoms with Gasteiger partial charge in [-0.1, -0.05) is 48.8 Å². The van der Waals surface area contributed by atoms with Crippen molar-refractivity contribution in [3.63, 3.8) is 0 Å². The van der Waals surface area contributed by atoms with E-state index in [0.717, 1.165) is 42.7 Å². The second kappa shape index (κ2) is 6.32. The van der Waals surface area contributed by atoms with Crippen LogP contribution in [0.4, 0.5) is 5.69 Å². The maximum absolute atomic E-state index is 12.6. The Kier molecular flexibility index (Phi) is 3.98. The molecule has 1 amide bonds. The van der Waals surface area contributed by atoms with Gasteiger partial charge in [0.2, 0.25) is 0 Å². The van der Waals surface area contributed by atoms with Crippen LogP contribution in [0.5, 0.6) is 0 Å². The molecule has 5 nitrogen and oxygen atoms in total. The number of hydrogen-bond acceptors (Lipinski definition) is 4. The highest BCUT2D eigenvalue weighted by molar-refractivity contribution is 6.55. The summed E-state index contributed by atoms with van der Waals surface area (Å²) in [6.45, 7) is 4.73. The maximum Gasteiger partial charge on any atom is 0.292 e. The minimum absolute atomic E-state index is 0.00607. The molecular formula is C21H19N3O2. The second-order valence-corrected chi connectivity index (χ2v) is 6.48. The van der Waals surface area contributed by atoms with Crippen LogP contribution in [-0.2, 0) is 17.8 Å². The SMILES string of the molecule is C#CN1C(=O)C(=NO)c2cc(-c3ccccc3)c3c(c21)CN(CC)CC3. The van der Waals surface area contributed by atoms with Gasteiger partial charge >= 0.3 is 0 Å². The first-order valence-corrected chi connectivity index (χ1v) is 8.69. The highest BCUT2D eigenvalue weighted by Crippen LogP contribution is 2.42. The molecule has 130 valence electrons. The van der Waals surface area contributed by atoms with Gasteiger partial charge in [0.25, 0.3) is 5.91 Å². The van der Waals surface area contributed by atoms with Crippen LogP contribution in [0, 0.1) is 12.5 Å². The molecule has 2 aromatic rings. The van der Waals surface area contributed by atoms with Crippen molar-refractivity contribution >= 4 is 17.3 Å². The molecule has 0 saturated heterocycles. The fourth-order valence-corrected chi connectivity index (χ4v) is 3.92. The minimum atomic E-state index is -0.453. The van der Waals surface area contributed by atoms with E-state index >= 15 is 0 Å². The number of fused-ring (bicyclic) bond motifs is 3. The van der Waals surface area contributed by atoms with Gasteiger partial charge in [0.05, 0.1) is 5.69 Å². The average molecular weight is 345 g/mol. The van der Waals surface area contributed by atoms with Gasteiger partial charge in [-0.25, -0.2) is 4.90 Å². The number of carbonyl (C=O) groups excluding carboxylic acids is 1. The summed E-state index contributed by atoms with van der Waals surface area (Å²) in [4.78, 5) is 16.2. The van der Waals surface area contributed by atoms with E-state index in [4.69, 9.17) is 6.42 Å². The lowest BCUT2D eigenvalue weighted by Gasteiger charge is -2.31. The molecule has 26 heavy (non-hydrogen) atoms. The van der Waals surface area contributed by atoms with Gasteiger partial charge in [-0.15, -0.1) is 0 Å². The van der Waals surface area contributed by atoms with Gasteiger partial charge in [0.1, 0.15) is 0 Å². The Labute approximate surface area is 152 Å². The zero-order valence-electron chi connectivity index (χ0n) is 14.6. The normalized spacial score (nSPS) is 17.9. The largest absolute Gasteiger partial charge is 0.410 e. The number of amides is 1. The summed E-state index contributed by atoms with van der Waals surface area (Å²) in [5.74, 6) is -0.453. The van der Waals surface area contributed by atoms with E-state index in [1.165, 1.54) is 10.5 Å². The predicted octanol–water partition coefficient (Wildman–Crippen LogP) is 2.85. The third kappa shape index (κ3) is 2.31. The first-order valence-electron chi connectivity index (χ1n) is 8.69. The van der Waals surface area contributed by atoms with Gasteiger partial charge in [0.15, 0.2) is 5.71 Å². The zero-order valence-corrected chi connectivity index (χ0v) is 14.6. The van der Waals surface area contributed by atoms with Crippen LogP contribution in [0.2, 0.25) is 0 Å². The van der Waals surface area contributed by atoms with Crippen LogP contribution in [-0.4, -0.2) is 34.8 Å². The summed E-state index contributed by atoms with van der Waals surface area (Å²) in [6, 6.07) is 14.5. The van der Waals surface area contributed by atoms with Crippen molar-refractivity contribution in [1.82, 2.24) is 4.90 Å². The van der Waals surface area contributed by atoms with E-state index in [-0.39, 0.29) is 5.71 Å². The fraction of sp³-hybridized carbons (Fsp3) is 0.238. The number of oxime groups is 1. The number of hydrogen-bond donors (Lipinski definition) is 1. The van der Waals surface area contributed by atoms with Crippen LogP contribution in [0.3, 0.4) is 0 Å². The average Bonchev–Trinajstić information content (AvgIpc) is 2.98. The quantitative estimate of drug-likeness (QED) is 0.517. The standard InChI is InChI=1S/C21H19N3O2/c1-3-23-11-10-15-16(14-8-6-5-7-9-14)12-17-19(22-26)21(25)24(4-2)20(17)18(15)13-23/h2,5-9,12,26H,3,10-11,13H2,1H3. The molecule has 2 aliphatic heterocycles. The predicted molar refractivity (Wildman–Crippen MR) is 101 cm³/mol. The molecule has 4 rings (SSSR count). The summed E-state index contributed by atoms with van der Waals surface area (Å²) < 4.78 is 0. The Bertz CT molecular complexity index is 957. The van der Waals surface area contributed by atoms with E-state index in [0.29, 0.717) is 11.3 Å². The molecule has 2 aliphatic rings. The van der Waals surface area contributed by atoms with Crippen molar-refractivity contribution in [3.8, 4) is 23.6 Å². The Morgan fingerprint density at radius 3 is 2.65 bits per heavy atom. The molecule has 0 unspecified atom stereocenters. The summed E-state index contributed by atoms with van der Waals surface area (Å²) in [7, 11) is 0. The molecule has 2 aromatic carbocycles. The van der Waals surface area contributed by atoms with Crippen LogP contribution in [0.15, 0.2) is 41.6 Å². The molecule has 1 N–H and O–H groups in total. The first-order chi connectivity index (χ1) is 12.7. The van der Waals surface area contributed by atoms with Crippen molar-refractivity contribution in [2.45, 2.75) is 19.9 Å². The Morgan fingerprint density at radius 1 is 1.23 bits per heavy atom. The third-order valence-corrected chi connectivity index (χ3v) is 5.22. The highest BCUT2D eigenvalue weighted by atomic mass is 16.4. The van der Waals surface area contributed by atoms with E-state index in [9.17, 15) is 10.0 Å². The highest BCUT2D eigenvalue weighted by Gasteiger charge is 2.39. The topological polar surface area (TPSA) is 56.1 Å². The van der Waals surface area contributed by atoms with Crippen LogP contribution >= 0.6 is 0 Å². The van der Waals surface area contributed by atoms with Crippen molar-refractivity contribution in [2.24, 2.45) is 5.16 Å². The maximum atomic E-state index is 12.6. The number of likely N-dealkylation sites (N-methyl/N-ethyl adjacent to an activating group) is 1. The Hall–Kier alpha value is -3.10. The van der Waals surface area contributed by atoms with E-state index < -0.39 is 5.91 Å². The van der Waals surface area contributed by atoms with E-state index in [2.05, 4.69) is 35.2 Å². The van der Waals surface area contributed by atoms with Crippen LogP contribution < -0.4 is 4.90 Å². The molecule has 0 atom stereocenters. The monoisotopic (exact) mass is 345 g/mol. The van der Waals surface area contributed by atoms with Crippen molar-refractivity contribution < 1.29 is 10.0 Å². The number of benzene rings is 2. The van der Waals surface area contributed by atoms with Gasteiger partial charge in [0, 0.05) is 24.7 Å². The molecular weight excluding hydrogens is 326 g/mol. The third-order valence-electron chi connectivity index (χ3n) is 5.22. The molecule has 0 aliphatic carbocycles. The number of nitrogens with zero attached hydrogens (tertiary/aromatic N) is 3. The summed E-state index contributed by atoms with van der Waals surface area (Å²) in [5.41, 5.74) is 5.73. The molecule has 5 heteroatoms. The summed E-state index contributed by atoms with van der Waals surface area (Å²) >= 11 is 0. The van der Waals surface area contributed by atoms with Crippen molar-refractivity contribution in [3.05, 3.63) is 53.1 Å². The molecule has 0 saturated carbocycles. The number of carbonyl (C=O) groups is 1. The van der Waals surface area contributed by atoms with Crippen LogP contribution in [0.25, 0.3) is 11.1 Å². The molecule has 2 heterocycles. The molecule has 0 spiro atoms. The summed E-state index contributed by atoms with van der Waals surface area (Å²) in [5, 5.41) is 12.7. The lowest BCUT2D eigenvalue weighted by Crippen LogP contribution is -2.32. The van der Waals surface area contributed by atoms with Gasteiger partial charge in [-0.05, 0) is 41.3 Å². The Morgan fingerprint density at radius 2 is 2.00 bits per heavy atom. The smallest absolute Gasteiger partial charge is 0.292 e. The van der Waals surface area contributed by atoms with Crippen molar-refractivity contribution in [2.75, 3.05) is 18.0 Å². The second-order valence-electron chi connectivity index (χ2n) is 6.48. The lowest BCUT2D eigenvalue weighted by atomic mass is 9.87. The number of anilines is 1. The van der Waals surface area contributed by atoms with Gasteiger partial charge in [-0.2, -0.15) is 0 Å². The minimum Gasteiger partial charge on any atom is -0.410 e. The zero-order chi connectivity index (χ0) is 18.3. The van der Waals surface area contributed by atoms with E-state index in [1.807, 2.05) is 24.3 Å². The van der Waals surface area contributed by atoms with E-state index in [1.54, 1.807) is 0 Å². The molecule has 0 fully saturated rings. The first kappa shape index (κ1) is 16.4. The van der Waals surface area contributed by atoms with Gasteiger partial charge in [-0.3, -0.25) is 9.69 Å².